The minimum atomic E-state index is -1.26. The fraction of sp³-hybridized carbons (Fsp3) is 0.556. The Balaban J connectivity index is 2.84. The molecular formula is C18H26O10. The third kappa shape index (κ3) is 8.74. The molecule has 0 atom stereocenters. The number of carboxylic acid groups (broad SMARTS) is 2. The Morgan fingerprint density at radius 3 is 1.79 bits per heavy atom. The number of rotatable bonds is 16. The highest BCUT2D eigenvalue weighted by Crippen LogP contribution is 2.21. The molecule has 0 fully saturated rings. The summed E-state index contributed by atoms with van der Waals surface area (Å²) in [7, 11) is 0. The van der Waals surface area contributed by atoms with Gasteiger partial charge in [0.2, 0.25) is 0 Å². The Bertz CT molecular complexity index is 617. The Labute approximate surface area is 162 Å². The first kappa shape index (κ1) is 24.0. The van der Waals surface area contributed by atoms with E-state index >= 15 is 0 Å². The molecule has 0 aliphatic carbocycles. The molecule has 158 valence electrons. The molecule has 10 heteroatoms. The van der Waals surface area contributed by atoms with Gasteiger partial charge in [-0.25, -0.2) is 9.59 Å². The Morgan fingerprint density at radius 1 is 0.750 bits per heavy atom. The molecule has 4 N–H and O–H groups in total. The molecule has 0 saturated heterocycles. The van der Waals surface area contributed by atoms with Gasteiger partial charge in [-0.3, -0.25) is 0 Å². The average molecular weight is 402 g/mol. The van der Waals surface area contributed by atoms with E-state index in [1.54, 1.807) is 0 Å². The zero-order valence-electron chi connectivity index (χ0n) is 15.5. The second-order valence-corrected chi connectivity index (χ2v) is 5.66. The third-order valence-electron chi connectivity index (χ3n) is 3.66. The lowest BCUT2D eigenvalue weighted by Gasteiger charge is -2.15. The van der Waals surface area contributed by atoms with Gasteiger partial charge in [0.05, 0.1) is 37.6 Å². The van der Waals surface area contributed by atoms with E-state index in [9.17, 15) is 19.8 Å². The van der Waals surface area contributed by atoms with Crippen molar-refractivity contribution in [3.63, 3.8) is 0 Å². The number of aromatic carboxylic acids is 2. The van der Waals surface area contributed by atoms with E-state index in [2.05, 4.69) is 0 Å². The number of carbonyl (C=O) groups is 2. The quantitative estimate of drug-likeness (QED) is 0.231. The highest BCUT2D eigenvalue weighted by Gasteiger charge is 2.19. The summed E-state index contributed by atoms with van der Waals surface area (Å²) in [6, 6.07) is 2.46. The fourth-order valence-corrected chi connectivity index (χ4v) is 2.36. The lowest BCUT2D eigenvalue weighted by molar-refractivity contribution is -0.0130. The van der Waals surface area contributed by atoms with Crippen molar-refractivity contribution < 1.29 is 49.0 Å². The summed E-state index contributed by atoms with van der Waals surface area (Å²) in [5.41, 5.74) is 0.438. The van der Waals surface area contributed by atoms with Crippen LogP contribution in [0.15, 0.2) is 12.1 Å². The lowest BCUT2D eigenvalue weighted by Crippen LogP contribution is -2.13. The SMILES string of the molecule is O=C(O)c1cc(COCCCOCO)c(COCCCOCO)c(C(=O)O)c1. The predicted octanol–water partition coefficient (Wildman–Crippen LogP) is 0.829. The van der Waals surface area contributed by atoms with Crippen molar-refractivity contribution in [2.75, 3.05) is 40.0 Å². The largest absolute Gasteiger partial charge is 0.478 e. The number of ether oxygens (including phenoxy) is 4. The zero-order valence-corrected chi connectivity index (χ0v) is 15.5. The first-order chi connectivity index (χ1) is 13.5. The molecule has 0 aromatic heterocycles. The molecule has 0 bridgehead atoms. The Morgan fingerprint density at radius 2 is 1.29 bits per heavy atom. The van der Waals surface area contributed by atoms with Crippen molar-refractivity contribution in [1.82, 2.24) is 0 Å². The van der Waals surface area contributed by atoms with Gasteiger partial charge in [-0.05, 0) is 36.1 Å². The van der Waals surface area contributed by atoms with Crippen molar-refractivity contribution in [2.24, 2.45) is 0 Å². The predicted molar refractivity (Wildman–Crippen MR) is 95.0 cm³/mol. The monoisotopic (exact) mass is 402 g/mol. The van der Waals surface area contributed by atoms with E-state index in [-0.39, 0.29) is 44.5 Å². The molecule has 0 heterocycles. The molecule has 1 aromatic rings. The summed E-state index contributed by atoms with van der Waals surface area (Å²) in [5, 5.41) is 35.8. The van der Waals surface area contributed by atoms with Crippen molar-refractivity contribution in [1.29, 1.82) is 0 Å². The molecule has 0 saturated carbocycles. The van der Waals surface area contributed by atoms with E-state index in [0.29, 0.717) is 43.8 Å². The maximum atomic E-state index is 11.6. The second-order valence-electron chi connectivity index (χ2n) is 5.66. The summed E-state index contributed by atoms with van der Waals surface area (Å²) in [6.07, 6.45) is 1.02. The van der Waals surface area contributed by atoms with Crippen molar-refractivity contribution >= 4 is 11.9 Å². The lowest BCUT2D eigenvalue weighted by atomic mass is 9.98. The topological polar surface area (TPSA) is 152 Å². The first-order valence-electron chi connectivity index (χ1n) is 8.66. The van der Waals surface area contributed by atoms with Gasteiger partial charge in [-0.2, -0.15) is 0 Å². The van der Waals surface area contributed by atoms with Crippen LogP contribution in [0, 0.1) is 0 Å². The number of carboxylic acids is 2. The molecule has 0 spiro atoms. The number of hydrogen-bond acceptors (Lipinski definition) is 8. The first-order valence-corrected chi connectivity index (χ1v) is 8.66. The van der Waals surface area contributed by atoms with Gasteiger partial charge < -0.3 is 39.4 Å². The normalized spacial score (nSPS) is 10.9. The number of aliphatic hydroxyl groups excluding tert-OH is 2. The van der Waals surface area contributed by atoms with E-state index in [0.717, 1.165) is 6.07 Å². The molecule has 10 nitrogen and oxygen atoms in total. The molecule has 28 heavy (non-hydrogen) atoms. The van der Waals surface area contributed by atoms with Gasteiger partial charge >= 0.3 is 11.9 Å². The van der Waals surface area contributed by atoms with E-state index in [4.69, 9.17) is 29.2 Å². The minimum Gasteiger partial charge on any atom is -0.478 e. The summed E-state index contributed by atoms with van der Waals surface area (Å²) in [6.45, 7) is 0.374. The van der Waals surface area contributed by atoms with Crippen LogP contribution in [-0.2, 0) is 32.2 Å². The minimum absolute atomic E-state index is 0.00679. The van der Waals surface area contributed by atoms with Crippen LogP contribution >= 0.6 is 0 Å². The molecule has 1 rings (SSSR count). The number of hydrogen-bond donors (Lipinski definition) is 4. The third-order valence-corrected chi connectivity index (χ3v) is 3.66. The van der Waals surface area contributed by atoms with Crippen LogP contribution in [0.2, 0.25) is 0 Å². The smallest absolute Gasteiger partial charge is 0.336 e. The summed E-state index contributed by atoms with van der Waals surface area (Å²) >= 11 is 0. The van der Waals surface area contributed by atoms with Gasteiger partial charge in [0.25, 0.3) is 0 Å². The Kier molecular flexibility index (Phi) is 12.0. The molecular weight excluding hydrogens is 376 g/mol. The van der Waals surface area contributed by atoms with Crippen LogP contribution in [-0.4, -0.2) is 72.4 Å². The fourth-order valence-electron chi connectivity index (χ4n) is 2.36. The van der Waals surface area contributed by atoms with Crippen molar-refractivity contribution in [2.45, 2.75) is 26.1 Å². The van der Waals surface area contributed by atoms with E-state index < -0.39 is 11.9 Å². The summed E-state index contributed by atoms with van der Waals surface area (Å²) in [5.74, 6) is -2.50. The van der Waals surface area contributed by atoms with Gasteiger partial charge in [0, 0.05) is 13.2 Å². The highest BCUT2D eigenvalue weighted by molar-refractivity contribution is 5.95. The molecule has 0 radical (unpaired) electrons. The van der Waals surface area contributed by atoms with Gasteiger partial charge in [-0.15, -0.1) is 0 Å². The van der Waals surface area contributed by atoms with Gasteiger partial charge in [-0.1, -0.05) is 0 Å². The van der Waals surface area contributed by atoms with Crippen LogP contribution in [0.25, 0.3) is 0 Å². The molecule has 0 aliphatic rings. The summed E-state index contributed by atoms with van der Waals surface area (Å²) < 4.78 is 20.5. The molecule has 0 amide bonds. The number of benzene rings is 1. The zero-order chi connectivity index (χ0) is 20.8. The molecule has 0 unspecified atom stereocenters. The molecule has 0 aliphatic heterocycles. The van der Waals surface area contributed by atoms with Crippen LogP contribution in [0.1, 0.15) is 44.7 Å². The molecule has 1 aromatic carbocycles. The standard InChI is InChI=1S/C18H26O10/c19-11-27-5-1-3-25-9-14-7-13(17(21)22)8-15(18(23)24)16(14)10-26-4-2-6-28-12-20/h7-8,19-20H,1-6,9-12H2,(H,21,22)(H,23,24). The van der Waals surface area contributed by atoms with E-state index in [1.165, 1.54) is 6.07 Å². The number of aliphatic hydroxyl groups is 2. The van der Waals surface area contributed by atoms with Crippen LogP contribution < -0.4 is 0 Å². The van der Waals surface area contributed by atoms with Crippen molar-refractivity contribution in [3.05, 3.63) is 34.4 Å². The highest BCUT2D eigenvalue weighted by atomic mass is 16.6. The van der Waals surface area contributed by atoms with E-state index in [1.807, 2.05) is 0 Å². The van der Waals surface area contributed by atoms with Crippen molar-refractivity contribution in [3.8, 4) is 0 Å². The van der Waals surface area contributed by atoms with Crippen LogP contribution in [0.4, 0.5) is 0 Å². The van der Waals surface area contributed by atoms with Crippen LogP contribution in [0.5, 0.6) is 0 Å². The summed E-state index contributed by atoms with van der Waals surface area (Å²) in [4.78, 5) is 22.9. The maximum absolute atomic E-state index is 11.6. The Hall–Kier alpha value is -2.08. The van der Waals surface area contributed by atoms with Gasteiger partial charge in [0.15, 0.2) is 0 Å². The van der Waals surface area contributed by atoms with Crippen LogP contribution in [0.3, 0.4) is 0 Å². The second kappa shape index (κ2) is 14.0. The average Bonchev–Trinajstić information content (AvgIpc) is 2.67. The van der Waals surface area contributed by atoms with Gasteiger partial charge in [0.1, 0.15) is 13.6 Å². The maximum Gasteiger partial charge on any atom is 0.336 e.